The van der Waals surface area contributed by atoms with Gasteiger partial charge in [-0.05, 0) is 120 Å². The standard InChI is InChI=1S/C44H65ClN6O8/c1-9-58-43(57)51-23-20-29(21-24-51)33-19-18-32(45)26-31(33)27-36-38(52)46-22-14-12-10-11-13-15-35(39(53)47-34(25-28(2)3)40(54)50(36)8)49(7)41(55)37(30-16-17-30)48-42(56)59-44(4,5)6/h11,13,18-20,26,28,30,34-37H,9-10,12,14-17,21-25,27H2,1-8H3,(H,46,52)(H,47,53)(H,48,56)/b13-11-/t34-,35-,36-,37-/m0/s1. The number of allylic oxidation sites excluding steroid dienone is 1. The van der Waals surface area contributed by atoms with Crippen molar-refractivity contribution in [2.24, 2.45) is 11.8 Å². The van der Waals surface area contributed by atoms with Gasteiger partial charge in [0, 0.05) is 45.2 Å². The molecule has 4 rings (SSSR count). The van der Waals surface area contributed by atoms with Crippen LogP contribution in [0.25, 0.3) is 5.57 Å². The quantitative estimate of drug-likeness (QED) is 0.247. The Kier molecular flexibility index (Phi) is 17.2. The Morgan fingerprint density at radius 1 is 1.07 bits per heavy atom. The second-order valence-electron chi connectivity index (χ2n) is 17.2. The number of alkyl carbamates (subject to hydrolysis) is 1. The zero-order chi connectivity index (χ0) is 43.4. The number of hydrogen-bond acceptors (Lipinski definition) is 8. The molecule has 3 aliphatic rings. The minimum Gasteiger partial charge on any atom is -0.450 e. The molecule has 1 fully saturated rings. The second-order valence-corrected chi connectivity index (χ2v) is 17.6. The molecular weight excluding hydrogens is 776 g/mol. The van der Waals surface area contributed by atoms with Crippen LogP contribution in [0.5, 0.6) is 0 Å². The molecule has 6 amide bonds. The van der Waals surface area contributed by atoms with Crippen molar-refractivity contribution in [2.45, 2.75) is 129 Å². The maximum Gasteiger partial charge on any atom is 0.410 e. The lowest BCUT2D eigenvalue weighted by Gasteiger charge is -2.34. The van der Waals surface area contributed by atoms with E-state index in [1.807, 2.05) is 44.2 Å². The van der Waals surface area contributed by atoms with Crippen molar-refractivity contribution in [1.82, 2.24) is 30.7 Å². The van der Waals surface area contributed by atoms with Crippen LogP contribution in [-0.4, -0.2) is 121 Å². The second kappa shape index (κ2) is 21.6. The Balaban J connectivity index is 1.64. The van der Waals surface area contributed by atoms with Crippen molar-refractivity contribution in [1.29, 1.82) is 0 Å². The van der Waals surface area contributed by atoms with Crippen LogP contribution < -0.4 is 16.0 Å². The van der Waals surface area contributed by atoms with E-state index in [1.165, 1.54) is 9.80 Å². The van der Waals surface area contributed by atoms with Gasteiger partial charge in [0.2, 0.25) is 23.6 Å². The molecule has 0 radical (unpaired) electrons. The molecule has 3 N–H and O–H groups in total. The number of halogens is 1. The summed E-state index contributed by atoms with van der Waals surface area (Å²) in [5.41, 5.74) is 1.87. The summed E-state index contributed by atoms with van der Waals surface area (Å²) in [5, 5.41) is 9.24. The highest BCUT2D eigenvalue weighted by molar-refractivity contribution is 6.30. The van der Waals surface area contributed by atoms with Gasteiger partial charge in [0.05, 0.1) is 6.61 Å². The summed E-state index contributed by atoms with van der Waals surface area (Å²) in [6, 6.07) is 1.66. The van der Waals surface area contributed by atoms with Crippen LogP contribution in [0.4, 0.5) is 9.59 Å². The molecule has 1 aliphatic carbocycles. The highest BCUT2D eigenvalue weighted by Crippen LogP contribution is 2.34. The highest BCUT2D eigenvalue weighted by Gasteiger charge is 2.42. The lowest BCUT2D eigenvalue weighted by atomic mass is 9.91. The topological polar surface area (TPSA) is 167 Å². The third kappa shape index (κ3) is 14.0. The summed E-state index contributed by atoms with van der Waals surface area (Å²) >= 11 is 6.55. The van der Waals surface area contributed by atoms with Gasteiger partial charge in [-0.2, -0.15) is 0 Å². The first-order chi connectivity index (χ1) is 27.9. The van der Waals surface area contributed by atoms with E-state index in [0.717, 1.165) is 36.0 Å². The van der Waals surface area contributed by atoms with Gasteiger partial charge >= 0.3 is 12.2 Å². The third-order valence-corrected chi connectivity index (χ3v) is 11.0. The number of hydrogen-bond donors (Lipinski definition) is 3. The van der Waals surface area contributed by atoms with Crippen molar-refractivity contribution in [2.75, 3.05) is 40.3 Å². The van der Waals surface area contributed by atoms with E-state index in [1.54, 1.807) is 52.8 Å². The van der Waals surface area contributed by atoms with Gasteiger partial charge in [-0.1, -0.05) is 49.7 Å². The molecular formula is C44H65ClN6O8. The Bertz CT molecular complexity index is 1740. The van der Waals surface area contributed by atoms with Gasteiger partial charge in [0.1, 0.15) is 29.8 Å². The van der Waals surface area contributed by atoms with Gasteiger partial charge < -0.3 is 40.1 Å². The molecule has 0 saturated heterocycles. The van der Waals surface area contributed by atoms with E-state index in [2.05, 4.69) is 16.0 Å². The van der Waals surface area contributed by atoms with E-state index in [9.17, 15) is 28.8 Å². The Hall–Kier alpha value is -4.59. The normalized spacial score (nSPS) is 22.4. The first-order valence-electron chi connectivity index (χ1n) is 21.1. The summed E-state index contributed by atoms with van der Waals surface area (Å²) in [6.45, 7) is 12.4. The number of nitrogens with zero attached hydrogens (tertiary/aromatic N) is 3. The first kappa shape index (κ1) is 47.1. The van der Waals surface area contributed by atoms with Crippen molar-refractivity contribution in [3.05, 3.63) is 52.6 Å². The number of benzene rings is 1. The van der Waals surface area contributed by atoms with E-state index in [4.69, 9.17) is 21.1 Å². The predicted octanol–water partition coefficient (Wildman–Crippen LogP) is 5.86. The monoisotopic (exact) mass is 840 g/mol. The maximum atomic E-state index is 14.6. The molecule has 15 heteroatoms. The molecule has 0 spiro atoms. The number of ether oxygens (including phenoxy) is 2. The number of carbonyl (C=O) groups is 6. The largest absolute Gasteiger partial charge is 0.450 e. The fourth-order valence-electron chi connectivity index (χ4n) is 7.43. The molecule has 0 aromatic heterocycles. The van der Waals surface area contributed by atoms with Crippen LogP contribution in [-0.2, 0) is 35.1 Å². The van der Waals surface area contributed by atoms with Gasteiger partial charge in [-0.3, -0.25) is 19.2 Å². The molecule has 1 saturated carbocycles. The van der Waals surface area contributed by atoms with Crippen LogP contribution in [0, 0.1) is 11.8 Å². The molecule has 1 aromatic rings. The van der Waals surface area contributed by atoms with Crippen LogP contribution in [0.15, 0.2) is 36.4 Å². The lowest BCUT2D eigenvalue weighted by molar-refractivity contribution is -0.144. The van der Waals surface area contributed by atoms with Crippen molar-refractivity contribution in [3.8, 4) is 0 Å². The SMILES string of the molecule is CCOC(=O)N1CC=C(c2ccc(Cl)cc2C[C@H]2C(=O)NCCCC/C=C\C[C@H](N(C)C(=O)[C@@H](NC(=O)OC(C)(C)C)C3CC3)C(=O)N[C@@H](CC(C)C)C(=O)N2C)CC1. The molecule has 14 nitrogen and oxygen atoms in total. The Morgan fingerprint density at radius 2 is 1.80 bits per heavy atom. The summed E-state index contributed by atoms with van der Waals surface area (Å²) in [7, 11) is 3.13. The zero-order valence-electron chi connectivity index (χ0n) is 36.1. The summed E-state index contributed by atoms with van der Waals surface area (Å²) in [5.74, 6) is -1.81. The average Bonchev–Trinajstić information content (AvgIpc) is 4.02. The molecule has 2 aliphatic heterocycles. The average molecular weight is 841 g/mol. The van der Waals surface area contributed by atoms with E-state index >= 15 is 0 Å². The highest BCUT2D eigenvalue weighted by atomic mass is 35.5. The van der Waals surface area contributed by atoms with E-state index < -0.39 is 53.6 Å². The van der Waals surface area contributed by atoms with Gasteiger partial charge in [-0.25, -0.2) is 9.59 Å². The molecule has 59 heavy (non-hydrogen) atoms. The summed E-state index contributed by atoms with van der Waals surface area (Å²) < 4.78 is 10.6. The Labute approximate surface area is 354 Å². The molecule has 1 aromatic carbocycles. The number of amides is 6. The minimum atomic E-state index is -1.02. The van der Waals surface area contributed by atoms with Crippen LogP contribution in [0.2, 0.25) is 5.02 Å². The van der Waals surface area contributed by atoms with Crippen LogP contribution in [0.3, 0.4) is 0 Å². The molecule has 0 unspecified atom stereocenters. The first-order valence-corrected chi connectivity index (χ1v) is 21.4. The minimum absolute atomic E-state index is 0.0162. The van der Waals surface area contributed by atoms with Crippen molar-refractivity contribution >= 4 is 53.0 Å². The number of rotatable bonds is 10. The molecule has 4 atom stereocenters. The van der Waals surface area contributed by atoms with E-state index in [-0.39, 0.29) is 49.7 Å². The van der Waals surface area contributed by atoms with Crippen LogP contribution >= 0.6 is 11.6 Å². The Morgan fingerprint density at radius 3 is 2.42 bits per heavy atom. The summed E-state index contributed by atoms with van der Waals surface area (Å²) in [4.78, 5) is 86.8. The van der Waals surface area contributed by atoms with E-state index in [0.29, 0.717) is 43.9 Å². The fraction of sp³-hybridized carbons (Fsp3) is 0.636. The molecule has 0 bridgehead atoms. The molecule has 326 valence electrons. The number of carbonyl (C=O) groups excluding carboxylic acids is 6. The third-order valence-electron chi connectivity index (χ3n) is 10.8. The van der Waals surface area contributed by atoms with Gasteiger partial charge in [-0.15, -0.1) is 0 Å². The van der Waals surface area contributed by atoms with Crippen molar-refractivity contribution < 1.29 is 38.2 Å². The van der Waals surface area contributed by atoms with Crippen molar-refractivity contribution in [3.63, 3.8) is 0 Å². The van der Waals surface area contributed by atoms with Gasteiger partial charge in [0.25, 0.3) is 0 Å². The lowest BCUT2D eigenvalue weighted by Crippen LogP contribution is -2.59. The maximum absolute atomic E-state index is 14.6. The zero-order valence-corrected chi connectivity index (χ0v) is 36.9. The van der Waals surface area contributed by atoms with Gasteiger partial charge in [0.15, 0.2) is 0 Å². The smallest absolute Gasteiger partial charge is 0.410 e. The fourth-order valence-corrected chi connectivity index (χ4v) is 7.63. The molecule has 2 heterocycles. The summed E-state index contributed by atoms with van der Waals surface area (Å²) in [6.07, 6.45) is 9.55. The number of likely N-dealkylation sites (N-methyl/N-ethyl adjacent to an activating group) is 2. The number of nitrogens with one attached hydrogen (secondary N) is 3. The van der Waals surface area contributed by atoms with Crippen LogP contribution in [0.1, 0.15) is 104 Å². The predicted molar refractivity (Wildman–Crippen MR) is 227 cm³/mol.